The molecule has 0 saturated heterocycles. The lowest BCUT2D eigenvalue weighted by molar-refractivity contribution is -0.870. The summed E-state index contributed by atoms with van der Waals surface area (Å²) >= 11 is 0. The number of hydrogen-bond acceptors (Lipinski definition) is 7. The van der Waals surface area contributed by atoms with E-state index in [1.54, 1.807) is 0 Å². The third-order valence-electron chi connectivity index (χ3n) is 11.8. The van der Waals surface area contributed by atoms with Gasteiger partial charge in [0, 0.05) is 12.8 Å². The number of rotatable bonds is 49. The van der Waals surface area contributed by atoms with E-state index in [-0.39, 0.29) is 25.6 Å². The quantitative estimate of drug-likeness (QED) is 0.0211. The Hall–Kier alpha value is -1.25. The second kappa shape index (κ2) is 44.9. The molecule has 0 fully saturated rings. The molecule has 0 aromatic carbocycles. The molecule has 0 radical (unpaired) electrons. The van der Waals surface area contributed by atoms with Gasteiger partial charge in [-0.25, -0.2) is 4.57 Å². The molecule has 0 rings (SSSR count). The second-order valence-electron chi connectivity index (χ2n) is 19.3. The van der Waals surface area contributed by atoms with Crippen molar-refractivity contribution in [3.63, 3.8) is 0 Å². The Morgan fingerprint density at radius 3 is 1.19 bits per heavy atom. The largest absolute Gasteiger partial charge is 0.472 e. The Morgan fingerprint density at radius 2 is 0.823 bits per heavy atom. The zero-order valence-corrected chi connectivity index (χ0v) is 42.5. The average Bonchev–Trinajstić information content (AvgIpc) is 3.23. The van der Waals surface area contributed by atoms with Crippen molar-refractivity contribution in [2.24, 2.45) is 0 Å². The number of allylic oxidation sites excluding steroid dienone is 2. The SMILES string of the molecule is CCCCCCCC/C=C/CCCCCCCCCCCC(=O)OC[C@H](COP(=O)(O)OCC[N+](C)(C)C)OC(=O)CCCCCCCCCCCCCCCCCCCCC. The van der Waals surface area contributed by atoms with Crippen LogP contribution in [-0.4, -0.2) is 74.9 Å². The minimum atomic E-state index is -4.38. The number of ether oxygens (including phenoxy) is 2. The van der Waals surface area contributed by atoms with Crippen LogP contribution in [0.1, 0.15) is 258 Å². The van der Waals surface area contributed by atoms with Crippen molar-refractivity contribution in [1.29, 1.82) is 0 Å². The van der Waals surface area contributed by atoms with E-state index in [2.05, 4.69) is 26.0 Å². The molecule has 10 heteroatoms. The van der Waals surface area contributed by atoms with Crippen LogP contribution < -0.4 is 0 Å². The van der Waals surface area contributed by atoms with Crippen molar-refractivity contribution in [3.05, 3.63) is 12.2 Å². The first-order chi connectivity index (χ1) is 30.0. The van der Waals surface area contributed by atoms with E-state index in [0.29, 0.717) is 23.9 Å². The van der Waals surface area contributed by atoms with Crippen LogP contribution in [-0.2, 0) is 32.7 Å². The summed E-state index contributed by atoms with van der Waals surface area (Å²) in [5.74, 6) is -0.784. The molecule has 0 saturated carbocycles. The highest BCUT2D eigenvalue weighted by atomic mass is 31.2. The Labute approximate surface area is 384 Å². The van der Waals surface area contributed by atoms with E-state index in [0.717, 1.165) is 32.1 Å². The molecule has 0 heterocycles. The van der Waals surface area contributed by atoms with E-state index in [1.165, 1.54) is 193 Å². The molecule has 1 N–H and O–H groups in total. The van der Waals surface area contributed by atoms with E-state index < -0.39 is 26.5 Å². The van der Waals surface area contributed by atoms with Crippen molar-refractivity contribution < 1.29 is 42.1 Å². The first-order valence-electron chi connectivity index (χ1n) is 26.4. The normalized spacial score (nSPS) is 13.5. The van der Waals surface area contributed by atoms with Gasteiger partial charge in [-0.15, -0.1) is 0 Å². The fourth-order valence-corrected chi connectivity index (χ4v) is 8.40. The average molecular weight is 901 g/mol. The number of quaternary nitrogens is 1. The maximum absolute atomic E-state index is 12.8. The standard InChI is InChI=1S/C52H102NO8P/c1-6-8-10-12-14-16-18-20-22-24-26-28-30-32-34-36-38-40-42-44-51(54)58-48-50(49-60-62(56,57)59-47-46-53(3,4)5)61-52(55)45-43-41-39-37-35-33-31-29-27-25-23-21-19-17-15-13-11-9-7-2/h20,22,50H,6-19,21,23-49H2,1-5H3/p+1/b22-20+/t50-/m1/s1. The lowest BCUT2D eigenvalue weighted by Gasteiger charge is -2.24. The predicted molar refractivity (Wildman–Crippen MR) is 261 cm³/mol. The number of phosphoric acid groups is 1. The van der Waals surface area contributed by atoms with Gasteiger partial charge in [-0.2, -0.15) is 0 Å². The molecule has 0 aromatic rings. The molecule has 2 atom stereocenters. The molecule has 0 aliphatic carbocycles. The van der Waals surface area contributed by atoms with Crippen molar-refractivity contribution in [2.45, 2.75) is 264 Å². The van der Waals surface area contributed by atoms with Crippen LogP contribution >= 0.6 is 7.82 Å². The number of carbonyl (C=O) groups is 2. The minimum absolute atomic E-state index is 0.0351. The summed E-state index contributed by atoms with van der Waals surface area (Å²) in [6, 6.07) is 0. The van der Waals surface area contributed by atoms with Crippen molar-refractivity contribution in [1.82, 2.24) is 0 Å². The van der Waals surface area contributed by atoms with Gasteiger partial charge in [0.05, 0.1) is 27.7 Å². The highest BCUT2D eigenvalue weighted by Gasteiger charge is 2.27. The van der Waals surface area contributed by atoms with Crippen molar-refractivity contribution >= 4 is 19.8 Å². The van der Waals surface area contributed by atoms with Crippen LogP contribution in [0.25, 0.3) is 0 Å². The zero-order valence-electron chi connectivity index (χ0n) is 41.6. The second-order valence-corrected chi connectivity index (χ2v) is 20.7. The van der Waals surface area contributed by atoms with Gasteiger partial charge in [0.15, 0.2) is 6.10 Å². The highest BCUT2D eigenvalue weighted by molar-refractivity contribution is 7.47. The molecule has 1 unspecified atom stereocenters. The van der Waals surface area contributed by atoms with Crippen LogP contribution in [0.5, 0.6) is 0 Å². The van der Waals surface area contributed by atoms with Gasteiger partial charge < -0.3 is 18.9 Å². The topological polar surface area (TPSA) is 108 Å². The van der Waals surface area contributed by atoms with Gasteiger partial charge in [0.1, 0.15) is 19.8 Å². The molecular formula is C52H103NO8P+. The summed E-state index contributed by atoms with van der Waals surface area (Å²) < 4.78 is 34.5. The van der Waals surface area contributed by atoms with Crippen LogP contribution in [0, 0.1) is 0 Å². The summed E-state index contributed by atoms with van der Waals surface area (Å²) in [4.78, 5) is 35.6. The lowest BCUT2D eigenvalue weighted by atomic mass is 10.0. The number of phosphoric ester groups is 1. The Morgan fingerprint density at radius 1 is 0.484 bits per heavy atom. The third kappa shape index (κ3) is 48.2. The van der Waals surface area contributed by atoms with Gasteiger partial charge in [-0.3, -0.25) is 18.6 Å². The fraction of sp³-hybridized carbons (Fsp3) is 0.923. The predicted octanol–water partition coefficient (Wildman–Crippen LogP) is 15.7. The molecule has 0 bridgehead atoms. The molecule has 0 spiro atoms. The number of hydrogen-bond donors (Lipinski definition) is 1. The van der Waals surface area contributed by atoms with E-state index in [9.17, 15) is 19.0 Å². The summed E-state index contributed by atoms with van der Waals surface area (Å²) in [6.45, 7) is 4.47. The van der Waals surface area contributed by atoms with Crippen LogP contribution in [0.15, 0.2) is 12.2 Å². The molecule has 0 aliphatic rings. The Bertz CT molecular complexity index is 1060. The molecule has 368 valence electrons. The number of esters is 2. The first kappa shape index (κ1) is 60.8. The Kier molecular flexibility index (Phi) is 44.0. The number of carbonyl (C=O) groups excluding carboxylic acids is 2. The molecule has 62 heavy (non-hydrogen) atoms. The monoisotopic (exact) mass is 901 g/mol. The van der Waals surface area contributed by atoms with Gasteiger partial charge >= 0.3 is 19.8 Å². The molecule has 0 aliphatic heterocycles. The van der Waals surface area contributed by atoms with Gasteiger partial charge in [-0.1, -0.05) is 219 Å². The van der Waals surface area contributed by atoms with Crippen LogP contribution in [0.3, 0.4) is 0 Å². The molecule has 0 amide bonds. The van der Waals surface area contributed by atoms with Crippen molar-refractivity contribution in [2.75, 3.05) is 47.5 Å². The van der Waals surface area contributed by atoms with Gasteiger partial charge in [-0.05, 0) is 38.5 Å². The summed E-state index contributed by atoms with van der Waals surface area (Å²) in [5, 5.41) is 0. The smallest absolute Gasteiger partial charge is 0.462 e. The number of likely N-dealkylation sites (N-methyl/N-ethyl adjacent to an activating group) is 1. The molecule has 9 nitrogen and oxygen atoms in total. The first-order valence-corrected chi connectivity index (χ1v) is 27.9. The fourth-order valence-electron chi connectivity index (χ4n) is 7.66. The van der Waals surface area contributed by atoms with Crippen molar-refractivity contribution in [3.8, 4) is 0 Å². The Balaban J connectivity index is 4.20. The van der Waals surface area contributed by atoms with Crippen LogP contribution in [0.2, 0.25) is 0 Å². The molecule has 0 aromatic heterocycles. The van der Waals surface area contributed by atoms with E-state index in [4.69, 9.17) is 18.5 Å². The maximum Gasteiger partial charge on any atom is 0.472 e. The lowest BCUT2D eigenvalue weighted by Crippen LogP contribution is -2.37. The number of unbranched alkanes of at least 4 members (excludes halogenated alkanes) is 33. The number of nitrogens with zero attached hydrogens (tertiary/aromatic N) is 1. The highest BCUT2D eigenvalue weighted by Crippen LogP contribution is 2.43. The van der Waals surface area contributed by atoms with Crippen LogP contribution in [0.4, 0.5) is 0 Å². The zero-order chi connectivity index (χ0) is 45.7. The van der Waals surface area contributed by atoms with Gasteiger partial charge in [0.2, 0.25) is 0 Å². The van der Waals surface area contributed by atoms with Gasteiger partial charge in [0.25, 0.3) is 0 Å². The van der Waals surface area contributed by atoms with E-state index >= 15 is 0 Å². The van der Waals surface area contributed by atoms with E-state index in [1.807, 2.05) is 21.1 Å². The minimum Gasteiger partial charge on any atom is -0.462 e. The molecular weight excluding hydrogens is 798 g/mol. The summed E-state index contributed by atoms with van der Waals surface area (Å²) in [6.07, 6.45) is 49.7. The maximum atomic E-state index is 12.8. The third-order valence-corrected chi connectivity index (χ3v) is 12.8. The summed E-state index contributed by atoms with van der Waals surface area (Å²) in [7, 11) is 1.49. The summed E-state index contributed by atoms with van der Waals surface area (Å²) in [5.41, 5.74) is 0.